The number of nitrogens with zero attached hydrogens (tertiary/aromatic N) is 1. The Hall–Kier alpha value is -3.88. The highest BCUT2D eigenvalue weighted by atomic mass is 32.1. The average Bonchev–Trinajstić information content (AvgIpc) is 3.40. The lowest BCUT2D eigenvalue weighted by molar-refractivity contribution is -0.120. The minimum absolute atomic E-state index is 0.0504. The van der Waals surface area contributed by atoms with Crippen LogP contribution in [0.1, 0.15) is 69.4 Å². The molecule has 0 bridgehead atoms. The van der Waals surface area contributed by atoms with E-state index < -0.39 is 6.04 Å². The minimum Gasteiger partial charge on any atom is -0.338 e. The molecular formula is C30H30N4O3S. The van der Waals surface area contributed by atoms with E-state index in [9.17, 15) is 14.4 Å². The highest BCUT2D eigenvalue weighted by Crippen LogP contribution is 2.30. The monoisotopic (exact) mass is 526 g/mol. The van der Waals surface area contributed by atoms with Crippen molar-refractivity contribution in [2.45, 2.75) is 44.7 Å². The van der Waals surface area contributed by atoms with E-state index in [2.05, 4.69) is 15.6 Å². The number of fused-ring (bicyclic) bond motifs is 1. The molecule has 4 N–H and O–H groups in total. The van der Waals surface area contributed by atoms with E-state index in [0.717, 1.165) is 35.9 Å². The molecular weight excluding hydrogens is 496 g/mol. The van der Waals surface area contributed by atoms with E-state index >= 15 is 0 Å². The van der Waals surface area contributed by atoms with E-state index in [-0.39, 0.29) is 28.5 Å². The fraction of sp³-hybridized carbons (Fsp3) is 0.267. The largest absolute Gasteiger partial charge is 0.338 e. The first-order valence-corrected chi connectivity index (χ1v) is 13.7. The quantitative estimate of drug-likeness (QED) is 0.258. The molecule has 0 saturated heterocycles. The number of Topliss-reactive ketones (excluding diaryl/α,β-unsaturated/α-hetero) is 1. The van der Waals surface area contributed by atoms with Crippen molar-refractivity contribution in [2.24, 2.45) is 11.7 Å². The van der Waals surface area contributed by atoms with Crippen molar-refractivity contribution in [3.8, 4) is 0 Å². The second kappa shape index (κ2) is 11.7. The molecule has 1 saturated carbocycles. The van der Waals surface area contributed by atoms with Crippen LogP contribution in [0.2, 0.25) is 0 Å². The zero-order chi connectivity index (χ0) is 26.5. The lowest BCUT2D eigenvalue weighted by atomic mass is 9.88. The topological polar surface area (TPSA) is 114 Å². The molecule has 5 rings (SSSR count). The van der Waals surface area contributed by atoms with E-state index in [4.69, 9.17) is 5.73 Å². The molecule has 0 spiro atoms. The summed E-state index contributed by atoms with van der Waals surface area (Å²) in [7, 11) is 0. The maximum absolute atomic E-state index is 13.7. The fourth-order valence-electron chi connectivity index (χ4n) is 4.79. The van der Waals surface area contributed by atoms with Gasteiger partial charge in [0.25, 0.3) is 5.91 Å². The molecule has 1 fully saturated rings. The van der Waals surface area contributed by atoms with Crippen molar-refractivity contribution >= 4 is 44.8 Å². The Morgan fingerprint density at radius 3 is 2.39 bits per heavy atom. The van der Waals surface area contributed by atoms with Gasteiger partial charge in [-0.25, -0.2) is 4.98 Å². The summed E-state index contributed by atoms with van der Waals surface area (Å²) < 4.78 is 0.793. The van der Waals surface area contributed by atoms with Crippen LogP contribution in [0.3, 0.4) is 0 Å². The maximum atomic E-state index is 13.7. The lowest BCUT2D eigenvalue weighted by Gasteiger charge is -2.20. The Morgan fingerprint density at radius 1 is 0.947 bits per heavy atom. The third-order valence-electron chi connectivity index (χ3n) is 6.97. The van der Waals surface area contributed by atoms with Crippen LogP contribution in [0.4, 0.5) is 5.69 Å². The molecule has 38 heavy (non-hydrogen) atoms. The number of anilines is 1. The third-order valence-corrected chi connectivity index (χ3v) is 8.00. The van der Waals surface area contributed by atoms with Gasteiger partial charge in [0.1, 0.15) is 6.04 Å². The minimum atomic E-state index is -0.916. The number of rotatable bonds is 8. The van der Waals surface area contributed by atoms with Crippen LogP contribution in [0, 0.1) is 5.92 Å². The van der Waals surface area contributed by atoms with Crippen molar-refractivity contribution in [2.75, 3.05) is 5.32 Å². The van der Waals surface area contributed by atoms with Gasteiger partial charge in [0.2, 0.25) is 11.7 Å². The molecule has 2 amide bonds. The number of carbonyl (C=O) groups excluding carboxylic acids is 3. The Morgan fingerprint density at radius 2 is 1.68 bits per heavy atom. The van der Waals surface area contributed by atoms with Crippen LogP contribution in [0.5, 0.6) is 0 Å². The van der Waals surface area contributed by atoms with E-state index in [1.165, 1.54) is 17.8 Å². The normalized spacial score (nSPS) is 14.7. The van der Waals surface area contributed by atoms with Gasteiger partial charge in [-0.05, 0) is 54.3 Å². The molecule has 7 nitrogen and oxygen atoms in total. The number of thiazole rings is 1. The number of nitrogens with two attached hydrogens (primary N) is 1. The molecule has 1 aliphatic rings. The van der Waals surface area contributed by atoms with Crippen LogP contribution in [0.25, 0.3) is 10.2 Å². The summed E-state index contributed by atoms with van der Waals surface area (Å²) in [4.78, 5) is 44.0. The van der Waals surface area contributed by atoms with Gasteiger partial charge in [0.05, 0.1) is 10.2 Å². The summed E-state index contributed by atoms with van der Waals surface area (Å²) in [6.07, 6.45) is 5.23. The molecule has 194 valence electrons. The van der Waals surface area contributed by atoms with Crippen LogP contribution < -0.4 is 16.4 Å². The maximum Gasteiger partial charge on any atom is 0.252 e. The average molecular weight is 527 g/mol. The first-order valence-electron chi connectivity index (χ1n) is 12.9. The second-order valence-corrected chi connectivity index (χ2v) is 10.6. The SMILES string of the molecule is NCc1ccc(C(NC(=O)c2ccccc2)C(=O)c2nc3ccc(NC(=O)C4CCCCC4)cc3s2)cc1. The summed E-state index contributed by atoms with van der Waals surface area (Å²) >= 11 is 1.25. The molecule has 1 unspecified atom stereocenters. The summed E-state index contributed by atoms with van der Waals surface area (Å²) in [6, 6.07) is 20.7. The molecule has 0 radical (unpaired) electrons. The Bertz CT molecular complexity index is 1440. The third kappa shape index (κ3) is 5.82. The number of hydrogen-bond acceptors (Lipinski definition) is 6. The van der Waals surface area contributed by atoms with Crippen molar-refractivity contribution < 1.29 is 14.4 Å². The summed E-state index contributed by atoms with van der Waals surface area (Å²) in [5.74, 6) is -0.545. The van der Waals surface area contributed by atoms with Gasteiger partial charge in [-0.3, -0.25) is 14.4 Å². The first-order chi connectivity index (χ1) is 18.5. The zero-order valence-corrected chi connectivity index (χ0v) is 21.8. The van der Waals surface area contributed by atoms with Gasteiger partial charge in [0, 0.05) is 23.7 Å². The van der Waals surface area contributed by atoms with Crippen LogP contribution >= 0.6 is 11.3 Å². The highest BCUT2D eigenvalue weighted by Gasteiger charge is 2.27. The number of carbonyl (C=O) groups is 3. The molecule has 1 atom stereocenters. The number of aromatic nitrogens is 1. The van der Waals surface area contributed by atoms with Gasteiger partial charge in [0.15, 0.2) is 5.01 Å². The van der Waals surface area contributed by atoms with E-state index in [1.807, 2.05) is 48.5 Å². The summed E-state index contributed by atoms with van der Waals surface area (Å²) in [6.45, 7) is 0.382. The van der Waals surface area contributed by atoms with Crippen molar-refractivity contribution in [1.82, 2.24) is 10.3 Å². The van der Waals surface area contributed by atoms with Crippen molar-refractivity contribution in [3.05, 3.63) is 94.5 Å². The molecule has 3 aromatic carbocycles. The first kappa shape index (κ1) is 25.8. The van der Waals surface area contributed by atoms with Crippen LogP contribution in [0.15, 0.2) is 72.8 Å². The van der Waals surface area contributed by atoms with Gasteiger partial charge in [-0.2, -0.15) is 0 Å². The van der Waals surface area contributed by atoms with Gasteiger partial charge >= 0.3 is 0 Å². The summed E-state index contributed by atoms with van der Waals surface area (Å²) in [5.41, 5.74) is 9.15. The van der Waals surface area contributed by atoms with Gasteiger partial charge in [-0.1, -0.05) is 61.7 Å². The number of nitrogens with one attached hydrogen (secondary N) is 2. The smallest absolute Gasteiger partial charge is 0.252 e. The van der Waals surface area contributed by atoms with E-state index in [1.54, 1.807) is 24.3 Å². The summed E-state index contributed by atoms with van der Waals surface area (Å²) in [5, 5.41) is 6.22. The molecule has 1 aliphatic carbocycles. The molecule has 1 aromatic heterocycles. The predicted octanol–water partition coefficient (Wildman–Crippen LogP) is 5.63. The molecule has 0 aliphatic heterocycles. The highest BCUT2D eigenvalue weighted by molar-refractivity contribution is 7.20. The van der Waals surface area contributed by atoms with Crippen molar-refractivity contribution in [3.63, 3.8) is 0 Å². The predicted molar refractivity (Wildman–Crippen MR) is 150 cm³/mol. The van der Waals surface area contributed by atoms with Gasteiger partial charge < -0.3 is 16.4 Å². The number of amides is 2. The Kier molecular flexibility index (Phi) is 7.91. The molecule has 4 aromatic rings. The zero-order valence-electron chi connectivity index (χ0n) is 21.0. The fourth-order valence-corrected chi connectivity index (χ4v) is 5.77. The van der Waals surface area contributed by atoms with Crippen molar-refractivity contribution in [1.29, 1.82) is 0 Å². The lowest BCUT2D eigenvalue weighted by Crippen LogP contribution is -2.34. The van der Waals surface area contributed by atoms with Crippen LogP contribution in [-0.2, 0) is 11.3 Å². The number of ketones is 1. The van der Waals surface area contributed by atoms with Crippen LogP contribution in [-0.4, -0.2) is 22.6 Å². The van der Waals surface area contributed by atoms with Gasteiger partial charge in [-0.15, -0.1) is 11.3 Å². The Labute approximate surface area is 225 Å². The standard InChI is InChI=1S/C30H30N4O3S/c31-18-19-11-13-20(14-12-19)26(34-29(37)22-9-5-2-6-10-22)27(35)30-33-24-16-15-23(17-25(24)38-30)32-28(36)21-7-3-1-4-8-21/h2,5-6,9-17,21,26H,1,3-4,7-8,18,31H2,(H,32,36)(H,34,37). The molecule has 1 heterocycles. The number of benzene rings is 3. The number of hydrogen-bond donors (Lipinski definition) is 3. The molecule has 8 heteroatoms. The Balaban J connectivity index is 1.40. The van der Waals surface area contributed by atoms with E-state index in [0.29, 0.717) is 28.9 Å². The second-order valence-electron chi connectivity index (χ2n) is 9.61.